The first-order valence-electron chi connectivity index (χ1n) is 13.8. The number of hydrogen-bond donors (Lipinski definition) is 2. The molecular weight excluding hydrogens is 607 g/mol. The third kappa shape index (κ3) is 6.06. The number of aromatic nitrogens is 3. The number of amides is 1. The molecule has 3 unspecified atom stereocenters. The average molecular weight is 634 g/mol. The second kappa shape index (κ2) is 12.4. The van der Waals surface area contributed by atoms with Gasteiger partial charge >= 0.3 is 0 Å². The van der Waals surface area contributed by atoms with Crippen molar-refractivity contribution in [3.05, 3.63) is 106 Å². The van der Waals surface area contributed by atoms with Gasteiger partial charge in [-0.3, -0.25) is 19.3 Å². The predicted molar refractivity (Wildman–Crippen MR) is 148 cm³/mol. The number of carbonyl (C=O) groups excluding carboxylic acids is 2. The van der Waals surface area contributed by atoms with E-state index in [2.05, 4.69) is 21.1 Å². The Labute approximate surface area is 252 Å². The molecule has 1 fully saturated rings. The highest BCUT2D eigenvalue weighted by Crippen LogP contribution is 2.68. The highest BCUT2D eigenvalue weighted by Gasteiger charge is 2.67. The average Bonchev–Trinajstić information content (AvgIpc) is 3.66. The molecule has 2 aliphatic carbocycles. The number of alkyl halides is 4. The van der Waals surface area contributed by atoms with Crippen LogP contribution in [-0.2, 0) is 23.7 Å². The fraction of sp³-hybridized carbons (Fsp3) is 0.290. The molecule has 236 valence electrons. The fourth-order valence-corrected chi connectivity index (χ4v) is 5.87. The molecule has 2 aromatic carbocycles. The standard InChI is InChI=1S/C30H21F7N4O2.CH5N/c31-17-6-14(7-18(32)10-17)8-23(26-19(2-1-5-38-26)15-3-4-22(33)16(9-15)13-42)39-24(43)12-41-28-25(27(40-41)29(34)35)20-11-21(20)30(28,36)37;1-2/h1-7,9-10,13,20-21,23,29H,8,11-12H2,(H,39,43);2H2,1H3. The highest BCUT2D eigenvalue weighted by molar-refractivity contribution is 5.80. The Morgan fingerprint density at radius 3 is 2.47 bits per heavy atom. The van der Waals surface area contributed by atoms with E-state index in [1.165, 1.54) is 31.4 Å². The van der Waals surface area contributed by atoms with Crippen molar-refractivity contribution in [1.29, 1.82) is 0 Å². The van der Waals surface area contributed by atoms with Gasteiger partial charge in [-0.15, -0.1) is 0 Å². The summed E-state index contributed by atoms with van der Waals surface area (Å²) >= 11 is 0. The van der Waals surface area contributed by atoms with Gasteiger partial charge < -0.3 is 11.1 Å². The van der Waals surface area contributed by atoms with Crippen molar-refractivity contribution in [2.45, 2.75) is 43.7 Å². The molecule has 2 aliphatic rings. The molecule has 45 heavy (non-hydrogen) atoms. The van der Waals surface area contributed by atoms with Gasteiger partial charge in [-0.1, -0.05) is 12.1 Å². The maximum Gasteiger partial charge on any atom is 0.293 e. The minimum Gasteiger partial charge on any atom is -0.346 e. The van der Waals surface area contributed by atoms with Crippen molar-refractivity contribution in [3.63, 3.8) is 0 Å². The van der Waals surface area contributed by atoms with Gasteiger partial charge in [0.15, 0.2) is 6.29 Å². The van der Waals surface area contributed by atoms with Crippen LogP contribution in [0.4, 0.5) is 30.7 Å². The summed E-state index contributed by atoms with van der Waals surface area (Å²) in [7, 11) is 1.50. The first-order chi connectivity index (χ1) is 21.5. The second-order valence-corrected chi connectivity index (χ2v) is 10.6. The molecule has 3 N–H and O–H groups in total. The number of rotatable bonds is 9. The third-order valence-electron chi connectivity index (χ3n) is 7.76. The van der Waals surface area contributed by atoms with E-state index in [1.54, 1.807) is 6.07 Å². The summed E-state index contributed by atoms with van der Waals surface area (Å²) in [4.78, 5) is 29.0. The summed E-state index contributed by atoms with van der Waals surface area (Å²) in [5, 5.41) is 6.28. The lowest BCUT2D eigenvalue weighted by molar-refractivity contribution is -0.123. The number of nitrogens with zero attached hydrogens (tertiary/aromatic N) is 3. The summed E-state index contributed by atoms with van der Waals surface area (Å²) in [6.45, 7) is -0.841. The quantitative estimate of drug-likeness (QED) is 0.174. The molecule has 6 rings (SSSR count). The van der Waals surface area contributed by atoms with Gasteiger partial charge in [0.2, 0.25) is 5.91 Å². The minimum atomic E-state index is -3.44. The SMILES string of the molecule is CN.O=Cc1cc(-c2cccnc2C(Cc2cc(F)cc(F)c2)NC(=O)Cn2nc(C(F)F)c3c2C(F)(F)C2CC32)ccc1F. The number of nitrogens with two attached hydrogens (primary N) is 1. The van der Waals surface area contributed by atoms with E-state index in [-0.39, 0.29) is 35.2 Å². The van der Waals surface area contributed by atoms with E-state index in [4.69, 9.17) is 0 Å². The van der Waals surface area contributed by atoms with Crippen molar-refractivity contribution in [2.24, 2.45) is 11.7 Å². The van der Waals surface area contributed by atoms with Crippen LogP contribution >= 0.6 is 0 Å². The van der Waals surface area contributed by atoms with Crippen LogP contribution in [0, 0.1) is 23.4 Å². The Morgan fingerprint density at radius 2 is 1.80 bits per heavy atom. The zero-order valence-electron chi connectivity index (χ0n) is 23.6. The number of fused-ring (bicyclic) bond motifs is 3. The number of carbonyl (C=O) groups is 2. The molecule has 1 amide bonds. The van der Waals surface area contributed by atoms with Crippen LogP contribution in [0.3, 0.4) is 0 Å². The van der Waals surface area contributed by atoms with Gasteiger partial charge in [0.1, 0.15) is 35.4 Å². The van der Waals surface area contributed by atoms with Crippen molar-refractivity contribution in [2.75, 3.05) is 7.05 Å². The van der Waals surface area contributed by atoms with Crippen LogP contribution in [-0.4, -0.2) is 34.0 Å². The van der Waals surface area contributed by atoms with Crippen LogP contribution in [0.2, 0.25) is 0 Å². The Kier molecular flexibility index (Phi) is 8.79. The van der Waals surface area contributed by atoms with Crippen LogP contribution in [0.1, 0.15) is 63.4 Å². The lowest BCUT2D eigenvalue weighted by Crippen LogP contribution is -2.35. The molecule has 3 atom stereocenters. The van der Waals surface area contributed by atoms with Crippen molar-refractivity contribution >= 4 is 12.2 Å². The summed E-state index contributed by atoms with van der Waals surface area (Å²) < 4.78 is 100. The summed E-state index contributed by atoms with van der Waals surface area (Å²) in [6, 6.07) is 8.40. The van der Waals surface area contributed by atoms with E-state index in [0.717, 1.165) is 18.2 Å². The van der Waals surface area contributed by atoms with E-state index < -0.39 is 71.5 Å². The van der Waals surface area contributed by atoms with Crippen molar-refractivity contribution < 1.29 is 40.3 Å². The summed E-state index contributed by atoms with van der Waals surface area (Å²) in [5.41, 5.74) is 3.46. The van der Waals surface area contributed by atoms with E-state index in [0.29, 0.717) is 28.2 Å². The Balaban J connectivity index is 0.00000196. The lowest BCUT2D eigenvalue weighted by Gasteiger charge is -2.22. The zero-order chi connectivity index (χ0) is 32.6. The highest BCUT2D eigenvalue weighted by atomic mass is 19.3. The Hall–Kier alpha value is -4.59. The van der Waals surface area contributed by atoms with Crippen molar-refractivity contribution in [1.82, 2.24) is 20.1 Å². The van der Waals surface area contributed by atoms with Gasteiger partial charge in [-0.05, 0) is 67.3 Å². The minimum absolute atomic E-state index is 0.0571. The number of nitrogens with one attached hydrogen (secondary N) is 1. The number of pyridine rings is 1. The molecule has 0 radical (unpaired) electrons. The summed E-state index contributed by atoms with van der Waals surface area (Å²) in [6.07, 6.45) is -1.60. The molecule has 0 aliphatic heterocycles. The normalized spacial score (nSPS) is 18.0. The summed E-state index contributed by atoms with van der Waals surface area (Å²) in [5.74, 6) is -8.75. The monoisotopic (exact) mass is 633 g/mol. The Bertz CT molecular complexity index is 1740. The maximum atomic E-state index is 15.0. The number of hydrogen-bond acceptors (Lipinski definition) is 5. The molecule has 0 spiro atoms. The number of benzene rings is 2. The molecule has 2 aromatic heterocycles. The molecule has 2 heterocycles. The van der Waals surface area contributed by atoms with Gasteiger partial charge in [0.05, 0.1) is 17.3 Å². The molecule has 1 saturated carbocycles. The van der Waals surface area contributed by atoms with Crippen LogP contribution in [0.15, 0.2) is 54.7 Å². The molecule has 0 bridgehead atoms. The smallest absolute Gasteiger partial charge is 0.293 e. The van der Waals surface area contributed by atoms with Gasteiger partial charge in [0, 0.05) is 29.3 Å². The molecule has 4 aromatic rings. The van der Waals surface area contributed by atoms with Crippen LogP contribution in [0.5, 0.6) is 0 Å². The van der Waals surface area contributed by atoms with Crippen molar-refractivity contribution in [3.8, 4) is 11.1 Å². The van der Waals surface area contributed by atoms with Crippen LogP contribution in [0.25, 0.3) is 11.1 Å². The third-order valence-corrected chi connectivity index (χ3v) is 7.76. The van der Waals surface area contributed by atoms with Crippen LogP contribution < -0.4 is 11.1 Å². The molecule has 7 nitrogen and oxygen atoms in total. The molecule has 14 heteroatoms. The zero-order valence-corrected chi connectivity index (χ0v) is 23.6. The predicted octanol–water partition coefficient (Wildman–Crippen LogP) is 6.00. The number of aldehydes is 1. The molecule has 0 saturated heterocycles. The topological polar surface area (TPSA) is 103 Å². The Morgan fingerprint density at radius 1 is 1.09 bits per heavy atom. The molecular formula is C31H26F7N5O2. The first-order valence-corrected chi connectivity index (χ1v) is 13.8. The van der Waals surface area contributed by atoms with Gasteiger partial charge in [-0.2, -0.15) is 13.9 Å². The van der Waals surface area contributed by atoms with E-state index in [1.807, 2.05) is 0 Å². The fourth-order valence-electron chi connectivity index (χ4n) is 5.87. The maximum absolute atomic E-state index is 15.0. The van der Waals surface area contributed by atoms with Gasteiger partial charge in [0.25, 0.3) is 12.3 Å². The number of halogens is 7. The lowest BCUT2D eigenvalue weighted by atomic mass is 9.94. The second-order valence-electron chi connectivity index (χ2n) is 10.6. The van der Waals surface area contributed by atoms with E-state index in [9.17, 15) is 31.5 Å². The van der Waals surface area contributed by atoms with Gasteiger partial charge in [-0.25, -0.2) is 22.0 Å². The largest absolute Gasteiger partial charge is 0.346 e. The van der Waals surface area contributed by atoms with E-state index >= 15 is 8.78 Å². The first kappa shape index (κ1) is 31.8.